The van der Waals surface area contributed by atoms with E-state index >= 15 is 0 Å². The number of carbonyl (C=O) groups excluding carboxylic acids is 1. The molecule has 7 nitrogen and oxygen atoms in total. The zero-order valence-electron chi connectivity index (χ0n) is 18.6. The maximum absolute atomic E-state index is 13.6. The second-order valence-corrected chi connectivity index (χ2v) is 9.38. The second kappa shape index (κ2) is 9.15. The van der Waals surface area contributed by atoms with Gasteiger partial charge in [-0.15, -0.1) is 0 Å². The van der Waals surface area contributed by atoms with Crippen molar-refractivity contribution in [2.45, 2.75) is 32.6 Å². The van der Waals surface area contributed by atoms with Crippen LogP contribution in [0, 0.1) is 17.0 Å². The van der Waals surface area contributed by atoms with E-state index in [0.717, 1.165) is 35.0 Å². The number of hydrazone groups is 1. The first-order valence-corrected chi connectivity index (χ1v) is 11.9. The van der Waals surface area contributed by atoms with Crippen LogP contribution in [-0.2, 0) is 12.8 Å². The van der Waals surface area contributed by atoms with Crippen LogP contribution in [0.5, 0.6) is 0 Å². The monoisotopic (exact) mass is 470 g/mol. The topological polar surface area (TPSA) is 88.7 Å². The number of nitro benzene ring substituents is 1. The average molecular weight is 471 g/mol. The summed E-state index contributed by atoms with van der Waals surface area (Å²) in [6.07, 6.45) is 5.85. The normalized spacial score (nSPS) is 13.2. The van der Waals surface area contributed by atoms with Crippen molar-refractivity contribution in [3.8, 4) is 0 Å². The van der Waals surface area contributed by atoms with Crippen molar-refractivity contribution in [2.24, 2.45) is 5.10 Å². The van der Waals surface area contributed by atoms with Crippen molar-refractivity contribution >= 4 is 44.5 Å². The third kappa shape index (κ3) is 4.45. The third-order valence-corrected chi connectivity index (χ3v) is 6.92. The van der Waals surface area contributed by atoms with Crippen LogP contribution in [0.2, 0.25) is 0 Å². The molecule has 5 rings (SSSR count). The Morgan fingerprint density at radius 1 is 1.06 bits per heavy atom. The summed E-state index contributed by atoms with van der Waals surface area (Å²) in [5.74, 6) is -0.262. The van der Waals surface area contributed by atoms with Gasteiger partial charge in [0.2, 0.25) is 5.13 Å². The number of aryl methyl sites for hydroxylation is 3. The summed E-state index contributed by atoms with van der Waals surface area (Å²) in [6.45, 7) is 2.02. The van der Waals surface area contributed by atoms with Gasteiger partial charge in [0.1, 0.15) is 0 Å². The number of anilines is 1. The number of aromatic nitrogens is 1. The van der Waals surface area contributed by atoms with E-state index in [1.54, 1.807) is 12.1 Å². The number of nitro groups is 1. The van der Waals surface area contributed by atoms with Crippen LogP contribution in [-0.4, -0.2) is 22.0 Å². The smallest absolute Gasteiger partial charge is 0.267 e. The lowest BCUT2D eigenvalue weighted by Crippen LogP contribution is -2.26. The Balaban J connectivity index is 1.53. The Morgan fingerprint density at radius 2 is 1.82 bits per heavy atom. The quantitative estimate of drug-likeness (QED) is 0.201. The fourth-order valence-electron chi connectivity index (χ4n) is 4.09. The van der Waals surface area contributed by atoms with E-state index in [2.05, 4.69) is 10.1 Å². The van der Waals surface area contributed by atoms with Gasteiger partial charge in [0.25, 0.3) is 11.6 Å². The molecule has 0 unspecified atom stereocenters. The number of hydrogen-bond acceptors (Lipinski definition) is 6. The number of benzene rings is 3. The molecule has 34 heavy (non-hydrogen) atoms. The second-order valence-electron chi connectivity index (χ2n) is 8.37. The fourth-order valence-corrected chi connectivity index (χ4v) is 5.11. The highest BCUT2D eigenvalue weighted by Crippen LogP contribution is 2.31. The van der Waals surface area contributed by atoms with Gasteiger partial charge in [-0.2, -0.15) is 10.1 Å². The van der Waals surface area contributed by atoms with Crippen LogP contribution in [0.25, 0.3) is 10.2 Å². The summed E-state index contributed by atoms with van der Waals surface area (Å²) >= 11 is 1.40. The lowest BCUT2D eigenvalue weighted by Gasteiger charge is -2.18. The summed E-state index contributed by atoms with van der Waals surface area (Å²) in [4.78, 5) is 28.8. The number of fused-ring (bicyclic) bond motifs is 2. The van der Waals surface area contributed by atoms with E-state index in [4.69, 9.17) is 0 Å². The molecular formula is C26H22N4O3S. The van der Waals surface area contributed by atoms with Crippen molar-refractivity contribution in [3.63, 3.8) is 0 Å². The summed E-state index contributed by atoms with van der Waals surface area (Å²) < 4.78 is 0.976. The maximum atomic E-state index is 13.6. The predicted molar refractivity (Wildman–Crippen MR) is 135 cm³/mol. The minimum Gasteiger partial charge on any atom is -0.267 e. The Labute approximate surface area is 200 Å². The van der Waals surface area contributed by atoms with Gasteiger partial charge in [0.15, 0.2) is 0 Å². The van der Waals surface area contributed by atoms with Crippen LogP contribution in [0.4, 0.5) is 10.8 Å². The number of rotatable bonds is 5. The van der Waals surface area contributed by atoms with Gasteiger partial charge in [0.05, 0.1) is 21.4 Å². The van der Waals surface area contributed by atoms with E-state index in [1.807, 2.05) is 43.3 Å². The molecule has 4 aromatic rings. The average Bonchev–Trinajstić information content (AvgIpc) is 3.26. The molecule has 8 heteroatoms. The first kappa shape index (κ1) is 21.9. The van der Waals surface area contributed by atoms with Crippen molar-refractivity contribution in [2.75, 3.05) is 5.01 Å². The third-order valence-electron chi connectivity index (χ3n) is 5.93. The number of non-ortho nitro benzene ring substituents is 1. The molecule has 0 saturated heterocycles. The molecule has 1 aliphatic rings. The first-order chi connectivity index (χ1) is 16.5. The van der Waals surface area contributed by atoms with Gasteiger partial charge >= 0.3 is 0 Å². The van der Waals surface area contributed by atoms with Crippen molar-refractivity contribution in [3.05, 3.63) is 98.6 Å². The molecule has 0 aliphatic heterocycles. The van der Waals surface area contributed by atoms with Gasteiger partial charge < -0.3 is 0 Å². The van der Waals surface area contributed by atoms with E-state index < -0.39 is 4.92 Å². The van der Waals surface area contributed by atoms with Crippen molar-refractivity contribution in [1.29, 1.82) is 0 Å². The summed E-state index contributed by atoms with van der Waals surface area (Å²) in [6, 6.07) is 17.9. The lowest BCUT2D eigenvalue weighted by molar-refractivity contribution is -0.384. The number of hydrogen-bond donors (Lipinski definition) is 0. The molecule has 3 aromatic carbocycles. The Bertz CT molecular complexity index is 1430. The Hall–Kier alpha value is -3.91. The molecule has 0 saturated carbocycles. The molecule has 1 heterocycles. The highest BCUT2D eigenvalue weighted by atomic mass is 32.1. The van der Waals surface area contributed by atoms with Crippen LogP contribution in [0.3, 0.4) is 0 Å². The zero-order chi connectivity index (χ0) is 23.7. The fraction of sp³-hybridized carbons (Fsp3) is 0.192. The largest absolute Gasteiger partial charge is 0.280 e. The van der Waals surface area contributed by atoms with E-state index in [-0.39, 0.29) is 11.6 Å². The molecule has 170 valence electrons. The van der Waals surface area contributed by atoms with Gasteiger partial charge in [-0.25, -0.2) is 4.98 Å². The lowest BCUT2D eigenvalue weighted by atomic mass is 9.90. The van der Waals surface area contributed by atoms with Crippen LogP contribution in [0.15, 0.2) is 65.8 Å². The molecule has 0 radical (unpaired) electrons. The minimum absolute atomic E-state index is 0.000634. The SMILES string of the molecule is Cc1ccc2nc(N(/N=C/c3ccc([N+](=O)[O-])cc3)C(=O)c3ccc4c(c3)CCCC4)sc2c1. The van der Waals surface area contributed by atoms with Crippen LogP contribution in [0.1, 0.15) is 45.5 Å². The van der Waals surface area contributed by atoms with Crippen molar-refractivity contribution < 1.29 is 9.72 Å². The highest BCUT2D eigenvalue weighted by Gasteiger charge is 2.22. The number of carbonyl (C=O) groups is 1. The first-order valence-electron chi connectivity index (χ1n) is 11.1. The van der Waals surface area contributed by atoms with Crippen molar-refractivity contribution in [1.82, 2.24) is 4.98 Å². The predicted octanol–water partition coefficient (Wildman–Crippen LogP) is 6.07. The minimum atomic E-state index is -0.448. The number of amides is 1. The molecule has 1 amide bonds. The Morgan fingerprint density at radius 3 is 2.59 bits per heavy atom. The van der Waals surface area contributed by atoms with Gasteiger partial charge in [-0.3, -0.25) is 14.9 Å². The molecular weight excluding hydrogens is 448 g/mol. The molecule has 0 spiro atoms. The van der Waals surface area contributed by atoms with E-state index in [9.17, 15) is 14.9 Å². The molecule has 0 N–H and O–H groups in total. The molecule has 1 aliphatic carbocycles. The maximum Gasteiger partial charge on any atom is 0.280 e. The standard InChI is InChI=1S/C26H22N4O3S/c1-17-6-13-23-24(14-17)34-26(28-23)29(27-16-18-7-11-22(12-8-18)30(32)33)25(31)21-10-9-19-4-2-3-5-20(19)15-21/h6-16H,2-5H2,1H3/b27-16+. The van der Waals surface area contributed by atoms with Crippen LogP contribution >= 0.6 is 11.3 Å². The van der Waals surface area contributed by atoms with Gasteiger partial charge in [-0.1, -0.05) is 23.5 Å². The van der Waals surface area contributed by atoms with Crippen LogP contribution < -0.4 is 5.01 Å². The molecule has 0 bridgehead atoms. The van der Waals surface area contributed by atoms with E-state index in [0.29, 0.717) is 16.3 Å². The summed E-state index contributed by atoms with van der Waals surface area (Å²) in [7, 11) is 0. The molecule has 1 aromatic heterocycles. The van der Waals surface area contributed by atoms with Gasteiger partial charge in [-0.05, 0) is 91.3 Å². The van der Waals surface area contributed by atoms with E-state index in [1.165, 1.54) is 52.2 Å². The molecule has 0 atom stereocenters. The number of nitrogens with zero attached hydrogens (tertiary/aromatic N) is 4. The zero-order valence-corrected chi connectivity index (χ0v) is 19.4. The Kier molecular flexibility index (Phi) is 5.90. The highest BCUT2D eigenvalue weighted by molar-refractivity contribution is 7.22. The van der Waals surface area contributed by atoms with Gasteiger partial charge in [0, 0.05) is 17.7 Å². The molecule has 0 fully saturated rings. The number of thiazole rings is 1. The summed E-state index contributed by atoms with van der Waals surface area (Å²) in [5, 5.41) is 17.2. The summed E-state index contributed by atoms with van der Waals surface area (Å²) in [5.41, 5.74) is 5.66.